The van der Waals surface area contributed by atoms with Gasteiger partial charge in [-0.05, 0) is 26.8 Å². The predicted octanol–water partition coefficient (Wildman–Crippen LogP) is 0.924. The molecule has 0 aliphatic heterocycles. The largest absolute Gasteiger partial charge is 0.406 e. The molecule has 0 aromatic carbocycles. The molecule has 5 heteroatoms. The molecule has 0 radical (unpaired) electrons. The van der Waals surface area contributed by atoms with Gasteiger partial charge < -0.3 is 15.1 Å². The van der Waals surface area contributed by atoms with Crippen LogP contribution in [0.5, 0.6) is 0 Å². The second kappa shape index (κ2) is 3.33. The Morgan fingerprint density at radius 3 is 2.85 bits per heavy atom. The van der Waals surface area contributed by atoms with Gasteiger partial charge in [0.15, 0.2) is 0 Å². The van der Waals surface area contributed by atoms with E-state index in [1.807, 2.05) is 14.0 Å². The zero-order valence-electron chi connectivity index (χ0n) is 7.87. The van der Waals surface area contributed by atoms with E-state index in [2.05, 4.69) is 20.8 Å². The minimum absolute atomic E-state index is 0.113. The van der Waals surface area contributed by atoms with Crippen molar-refractivity contribution in [2.75, 3.05) is 12.4 Å². The lowest BCUT2D eigenvalue weighted by molar-refractivity contribution is 0.441. The number of hydrogen-bond acceptors (Lipinski definition) is 5. The molecule has 0 amide bonds. The van der Waals surface area contributed by atoms with E-state index < -0.39 is 0 Å². The quantitative estimate of drug-likeness (QED) is 0.725. The van der Waals surface area contributed by atoms with Gasteiger partial charge in [0, 0.05) is 6.04 Å². The summed E-state index contributed by atoms with van der Waals surface area (Å²) in [6.45, 7) is 1.98. The monoisotopic (exact) mass is 182 g/mol. The molecule has 0 spiro atoms. The molecule has 2 N–H and O–H groups in total. The van der Waals surface area contributed by atoms with Crippen molar-refractivity contribution in [3.63, 3.8) is 0 Å². The van der Waals surface area contributed by atoms with Gasteiger partial charge in [-0.2, -0.15) is 0 Å². The molecule has 1 aliphatic carbocycles. The fraction of sp³-hybridized carbons (Fsp3) is 0.750. The summed E-state index contributed by atoms with van der Waals surface area (Å²) in [5, 5.41) is 14.0. The molecule has 1 aliphatic rings. The molecule has 0 bridgehead atoms. The van der Waals surface area contributed by atoms with E-state index >= 15 is 0 Å². The molecule has 1 aromatic rings. The van der Waals surface area contributed by atoms with Crippen LogP contribution in [0, 0.1) is 0 Å². The first-order valence-electron chi connectivity index (χ1n) is 4.57. The van der Waals surface area contributed by atoms with E-state index in [-0.39, 0.29) is 6.04 Å². The number of rotatable bonds is 4. The summed E-state index contributed by atoms with van der Waals surface area (Å²) in [5.74, 6) is 0.630. The number of nitrogens with one attached hydrogen (secondary N) is 2. The van der Waals surface area contributed by atoms with Gasteiger partial charge in [0.25, 0.3) is 0 Å². The summed E-state index contributed by atoms with van der Waals surface area (Å²) in [5.41, 5.74) is 0. The minimum atomic E-state index is 0.113. The summed E-state index contributed by atoms with van der Waals surface area (Å²) in [4.78, 5) is 0. The Labute approximate surface area is 76.9 Å². The topological polar surface area (TPSA) is 63.0 Å². The maximum Gasteiger partial charge on any atom is 0.315 e. The van der Waals surface area contributed by atoms with Crippen LogP contribution in [0.2, 0.25) is 0 Å². The van der Waals surface area contributed by atoms with Crippen LogP contribution in [0.3, 0.4) is 0 Å². The second-order valence-electron chi connectivity index (χ2n) is 3.37. The van der Waals surface area contributed by atoms with Crippen molar-refractivity contribution in [3.05, 3.63) is 5.89 Å². The normalized spacial score (nSPS) is 18.6. The Bertz CT molecular complexity index is 281. The van der Waals surface area contributed by atoms with Gasteiger partial charge in [-0.3, -0.25) is 0 Å². The van der Waals surface area contributed by atoms with Crippen LogP contribution >= 0.6 is 0 Å². The number of nitrogens with zero attached hydrogens (tertiary/aromatic N) is 2. The fourth-order valence-electron chi connectivity index (χ4n) is 0.994. The maximum atomic E-state index is 5.39. The highest BCUT2D eigenvalue weighted by molar-refractivity contribution is 5.22. The van der Waals surface area contributed by atoms with Crippen molar-refractivity contribution in [3.8, 4) is 0 Å². The lowest BCUT2D eigenvalue weighted by Gasteiger charge is -2.02. The Balaban J connectivity index is 1.99. The predicted molar refractivity (Wildman–Crippen MR) is 48.4 cm³/mol. The van der Waals surface area contributed by atoms with Gasteiger partial charge >= 0.3 is 6.01 Å². The molecule has 1 saturated carbocycles. The van der Waals surface area contributed by atoms with Crippen molar-refractivity contribution in [1.82, 2.24) is 15.5 Å². The van der Waals surface area contributed by atoms with Crippen LogP contribution in [0.15, 0.2) is 4.42 Å². The van der Waals surface area contributed by atoms with E-state index in [1.54, 1.807) is 0 Å². The summed E-state index contributed by atoms with van der Waals surface area (Å²) in [6.07, 6.45) is 2.42. The molecule has 1 aromatic heterocycles. The van der Waals surface area contributed by atoms with Gasteiger partial charge in [0.1, 0.15) is 0 Å². The molecule has 72 valence electrons. The number of anilines is 1. The van der Waals surface area contributed by atoms with Crippen LogP contribution < -0.4 is 10.6 Å². The highest BCUT2D eigenvalue weighted by Gasteiger charge is 2.23. The van der Waals surface area contributed by atoms with Crippen molar-refractivity contribution in [2.24, 2.45) is 0 Å². The SMILES string of the molecule is CNC(C)c1nnc(NC2CC2)o1. The zero-order chi connectivity index (χ0) is 9.26. The van der Waals surface area contributed by atoms with Crippen molar-refractivity contribution in [2.45, 2.75) is 31.8 Å². The molecule has 13 heavy (non-hydrogen) atoms. The Hall–Kier alpha value is -1.10. The van der Waals surface area contributed by atoms with Crippen LogP contribution in [0.25, 0.3) is 0 Å². The van der Waals surface area contributed by atoms with E-state index in [4.69, 9.17) is 4.42 Å². The van der Waals surface area contributed by atoms with Crippen LogP contribution in [-0.4, -0.2) is 23.3 Å². The first-order valence-corrected chi connectivity index (χ1v) is 4.57. The third kappa shape index (κ3) is 1.98. The molecule has 5 nitrogen and oxygen atoms in total. The molecule has 1 heterocycles. The lowest BCUT2D eigenvalue weighted by Crippen LogP contribution is -2.12. The van der Waals surface area contributed by atoms with Crippen molar-refractivity contribution in [1.29, 1.82) is 0 Å². The first-order chi connectivity index (χ1) is 6.29. The third-order valence-electron chi connectivity index (χ3n) is 2.15. The maximum absolute atomic E-state index is 5.39. The van der Waals surface area contributed by atoms with Crippen molar-refractivity contribution < 1.29 is 4.42 Å². The Morgan fingerprint density at radius 2 is 2.23 bits per heavy atom. The lowest BCUT2D eigenvalue weighted by atomic mass is 10.3. The van der Waals surface area contributed by atoms with Gasteiger partial charge in [-0.15, -0.1) is 5.10 Å². The zero-order valence-corrected chi connectivity index (χ0v) is 7.87. The fourth-order valence-corrected chi connectivity index (χ4v) is 0.994. The molecular weight excluding hydrogens is 168 g/mol. The first kappa shape index (κ1) is 8.50. The summed E-state index contributed by atoms with van der Waals surface area (Å²) in [7, 11) is 1.86. The summed E-state index contributed by atoms with van der Waals surface area (Å²) in [6, 6.07) is 1.21. The summed E-state index contributed by atoms with van der Waals surface area (Å²) >= 11 is 0. The molecule has 0 saturated heterocycles. The smallest absolute Gasteiger partial charge is 0.315 e. The van der Waals surface area contributed by atoms with Crippen molar-refractivity contribution >= 4 is 6.01 Å². The molecule has 1 atom stereocenters. The molecule has 1 fully saturated rings. The highest BCUT2D eigenvalue weighted by atomic mass is 16.4. The third-order valence-corrected chi connectivity index (χ3v) is 2.15. The standard InChI is InChI=1S/C8H14N4O/c1-5(9-2)7-11-12-8(13-7)10-6-3-4-6/h5-6,9H,3-4H2,1-2H3,(H,10,12). The summed E-state index contributed by atoms with van der Waals surface area (Å²) < 4.78 is 5.39. The minimum Gasteiger partial charge on any atom is -0.406 e. The average molecular weight is 182 g/mol. The number of hydrogen-bond donors (Lipinski definition) is 2. The Morgan fingerprint density at radius 1 is 1.46 bits per heavy atom. The Kier molecular flexibility index (Phi) is 2.18. The van der Waals surface area contributed by atoms with Gasteiger partial charge in [-0.1, -0.05) is 5.10 Å². The average Bonchev–Trinajstić information content (AvgIpc) is 2.81. The molecule has 2 rings (SSSR count). The van der Waals surface area contributed by atoms with E-state index in [1.165, 1.54) is 12.8 Å². The van der Waals surface area contributed by atoms with Gasteiger partial charge in [0.05, 0.1) is 6.04 Å². The van der Waals surface area contributed by atoms with Gasteiger partial charge in [0.2, 0.25) is 5.89 Å². The van der Waals surface area contributed by atoms with E-state index in [0.29, 0.717) is 17.9 Å². The number of aromatic nitrogens is 2. The highest BCUT2D eigenvalue weighted by Crippen LogP contribution is 2.24. The second-order valence-corrected chi connectivity index (χ2v) is 3.37. The van der Waals surface area contributed by atoms with Crippen LogP contribution in [0.4, 0.5) is 6.01 Å². The van der Waals surface area contributed by atoms with E-state index in [0.717, 1.165) is 0 Å². The van der Waals surface area contributed by atoms with E-state index in [9.17, 15) is 0 Å². The van der Waals surface area contributed by atoms with Crippen LogP contribution in [-0.2, 0) is 0 Å². The molecular formula is C8H14N4O. The van der Waals surface area contributed by atoms with Gasteiger partial charge in [-0.25, -0.2) is 0 Å². The molecule has 1 unspecified atom stereocenters. The van der Waals surface area contributed by atoms with Crippen LogP contribution in [0.1, 0.15) is 31.7 Å².